The van der Waals surface area contributed by atoms with Gasteiger partial charge < -0.3 is 13.7 Å². The van der Waals surface area contributed by atoms with Gasteiger partial charge in [-0.3, -0.25) is 0 Å². The number of nitrogens with zero attached hydrogens (tertiary/aromatic N) is 1. The predicted molar refractivity (Wildman–Crippen MR) is 237 cm³/mol. The lowest BCUT2D eigenvalue weighted by atomic mass is 10.0. The standard InChI is InChI=1S/C52H31NO2S/c1-2-11-37-32(10-1)26-31-44-49-45(18-9-20-47(49)55-51(37)44)53(35-27-22-33(23-28-35)38-14-7-16-42-40-12-3-5-19-46(40)54-50(38)42)36-29-24-34(25-30-36)39-15-8-17-43-41-13-4-6-21-48(41)56-52(39)43/h1-31H. The molecule has 3 heterocycles. The summed E-state index contributed by atoms with van der Waals surface area (Å²) in [7, 11) is 0. The van der Waals surface area contributed by atoms with Crippen molar-refractivity contribution in [2.45, 2.75) is 0 Å². The van der Waals surface area contributed by atoms with Crippen LogP contribution in [0, 0.1) is 0 Å². The van der Waals surface area contributed by atoms with E-state index in [0.717, 1.165) is 82.8 Å². The van der Waals surface area contributed by atoms with Gasteiger partial charge in [-0.15, -0.1) is 11.3 Å². The van der Waals surface area contributed by atoms with Gasteiger partial charge in [0.25, 0.3) is 0 Å². The Kier molecular flexibility index (Phi) is 6.80. The molecule has 12 aromatic rings. The first-order valence-electron chi connectivity index (χ1n) is 18.9. The summed E-state index contributed by atoms with van der Waals surface area (Å²) in [4.78, 5) is 2.36. The molecule has 0 fully saturated rings. The Labute approximate surface area is 325 Å². The van der Waals surface area contributed by atoms with Crippen molar-refractivity contribution < 1.29 is 8.83 Å². The second-order valence-corrected chi connectivity index (χ2v) is 15.5. The molecule has 0 bridgehead atoms. The van der Waals surface area contributed by atoms with E-state index in [4.69, 9.17) is 8.83 Å². The fourth-order valence-corrected chi connectivity index (χ4v) is 9.92. The second kappa shape index (κ2) is 12.2. The van der Waals surface area contributed by atoms with E-state index in [0.29, 0.717) is 0 Å². The van der Waals surface area contributed by atoms with Crippen LogP contribution in [0.2, 0.25) is 0 Å². The third-order valence-corrected chi connectivity index (χ3v) is 12.5. The summed E-state index contributed by atoms with van der Waals surface area (Å²) in [5.41, 5.74) is 11.4. The fourth-order valence-electron chi connectivity index (χ4n) is 8.68. The first-order valence-corrected chi connectivity index (χ1v) is 19.7. The molecule has 262 valence electrons. The van der Waals surface area contributed by atoms with Gasteiger partial charge >= 0.3 is 0 Å². The summed E-state index contributed by atoms with van der Waals surface area (Å²) in [5, 5.41) is 9.33. The first-order chi connectivity index (χ1) is 27.8. The SMILES string of the molecule is c1ccc2c(c1)ccc1c2oc2cccc(N(c3ccc(-c4cccc5c4oc4ccccc45)cc3)c3ccc(-c4cccc5c4sc4ccccc45)cc3)c21. The van der Waals surface area contributed by atoms with Crippen LogP contribution in [0.15, 0.2) is 197 Å². The van der Waals surface area contributed by atoms with Crippen molar-refractivity contribution in [1.29, 1.82) is 0 Å². The van der Waals surface area contributed by atoms with E-state index in [1.807, 2.05) is 23.5 Å². The van der Waals surface area contributed by atoms with Gasteiger partial charge in [0.2, 0.25) is 0 Å². The molecule has 0 unspecified atom stereocenters. The highest BCUT2D eigenvalue weighted by Crippen LogP contribution is 2.46. The number of benzene rings is 9. The van der Waals surface area contributed by atoms with E-state index in [9.17, 15) is 0 Å². The number of hydrogen-bond donors (Lipinski definition) is 0. The summed E-state index contributed by atoms with van der Waals surface area (Å²) in [6.07, 6.45) is 0. The molecule has 0 aliphatic heterocycles. The quantitative estimate of drug-likeness (QED) is 0.176. The smallest absolute Gasteiger partial charge is 0.143 e. The van der Waals surface area contributed by atoms with Gasteiger partial charge in [0.1, 0.15) is 22.3 Å². The molecule has 0 atom stereocenters. The fraction of sp³-hybridized carbons (Fsp3) is 0. The van der Waals surface area contributed by atoms with Gasteiger partial charge in [-0.05, 0) is 76.7 Å². The van der Waals surface area contributed by atoms with Gasteiger partial charge in [0, 0.05) is 58.7 Å². The number of rotatable bonds is 5. The molecule has 4 heteroatoms. The highest BCUT2D eigenvalue weighted by Gasteiger charge is 2.21. The molecule has 0 aliphatic carbocycles. The van der Waals surface area contributed by atoms with Crippen molar-refractivity contribution in [2.24, 2.45) is 0 Å². The minimum atomic E-state index is 0.861. The summed E-state index contributed by atoms with van der Waals surface area (Å²) >= 11 is 1.87. The van der Waals surface area contributed by atoms with Gasteiger partial charge in [0.05, 0.1) is 11.1 Å². The van der Waals surface area contributed by atoms with E-state index in [-0.39, 0.29) is 0 Å². The molecule has 0 radical (unpaired) electrons. The van der Waals surface area contributed by atoms with Crippen LogP contribution >= 0.6 is 11.3 Å². The Hall–Kier alpha value is -7.14. The monoisotopic (exact) mass is 733 g/mol. The molecule has 0 saturated carbocycles. The average molecular weight is 734 g/mol. The second-order valence-electron chi connectivity index (χ2n) is 14.4. The zero-order chi connectivity index (χ0) is 36.7. The zero-order valence-corrected chi connectivity index (χ0v) is 30.9. The molecule has 12 rings (SSSR count). The van der Waals surface area contributed by atoms with E-state index < -0.39 is 0 Å². The Balaban J connectivity index is 1.03. The van der Waals surface area contributed by atoms with Gasteiger partial charge in [0.15, 0.2) is 0 Å². The molecule has 0 saturated heterocycles. The average Bonchev–Trinajstić information content (AvgIpc) is 3.96. The van der Waals surface area contributed by atoms with E-state index >= 15 is 0 Å². The van der Waals surface area contributed by atoms with E-state index in [1.54, 1.807) is 0 Å². The molecule has 0 amide bonds. The highest BCUT2D eigenvalue weighted by molar-refractivity contribution is 7.26. The maximum absolute atomic E-state index is 6.68. The molecular formula is C52H31NO2S. The lowest BCUT2D eigenvalue weighted by molar-refractivity contribution is 0.670. The van der Waals surface area contributed by atoms with Gasteiger partial charge in [-0.25, -0.2) is 0 Å². The summed E-state index contributed by atoms with van der Waals surface area (Å²) in [6.45, 7) is 0. The normalized spacial score (nSPS) is 11.9. The van der Waals surface area contributed by atoms with Crippen LogP contribution in [0.3, 0.4) is 0 Å². The van der Waals surface area contributed by atoms with Crippen molar-refractivity contribution in [3.8, 4) is 22.3 Å². The number of furan rings is 2. The Morgan fingerprint density at radius 2 is 0.982 bits per heavy atom. The topological polar surface area (TPSA) is 29.5 Å². The number of fused-ring (bicyclic) bond motifs is 11. The van der Waals surface area contributed by atoms with Crippen molar-refractivity contribution >= 4 is 103 Å². The Bertz CT molecular complexity index is 3320. The summed E-state index contributed by atoms with van der Waals surface area (Å²) in [5.74, 6) is 0. The Morgan fingerprint density at radius 3 is 1.80 bits per heavy atom. The van der Waals surface area contributed by atoms with Crippen LogP contribution in [0.25, 0.3) is 97.1 Å². The Morgan fingerprint density at radius 1 is 0.375 bits per heavy atom. The summed E-state index contributed by atoms with van der Waals surface area (Å²) < 4.78 is 15.7. The third kappa shape index (κ3) is 4.70. The van der Waals surface area contributed by atoms with Crippen LogP contribution in [-0.4, -0.2) is 0 Å². The van der Waals surface area contributed by atoms with Crippen molar-refractivity contribution in [3.05, 3.63) is 188 Å². The van der Waals surface area contributed by atoms with Crippen molar-refractivity contribution in [1.82, 2.24) is 0 Å². The number of hydrogen-bond acceptors (Lipinski definition) is 4. The largest absolute Gasteiger partial charge is 0.455 e. The first kappa shape index (κ1) is 31.2. The zero-order valence-electron chi connectivity index (χ0n) is 30.1. The predicted octanol–water partition coefficient (Wildman–Crippen LogP) is 15.8. The lowest BCUT2D eigenvalue weighted by Gasteiger charge is -2.26. The molecule has 3 nitrogen and oxygen atoms in total. The van der Waals surface area contributed by atoms with Gasteiger partial charge in [-0.2, -0.15) is 0 Å². The molecular weight excluding hydrogens is 703 g/mol. The molecule has 0 aliphatic rings. The van der Waals surface area contributed by atoms with Crippen LogP contribution in [-0.2, 0) is 0 Å². The highest BCUT2D eigenvalue weighted by atomic mass is 32.1. The molecule has 0 N–H and O–H groups in total. The minimum absolute atomic E-state index is 0.861. The number of anilines is 3. The molecule has 56 heavy (non-hydrogen) atoms. The van der Waals surface area contributed by atoms with E-state index in [1.165, 1.54) is 31.3 Å². The molecule has 0 spiro atoms. The van der Waals surface area contributed by atoms with Crippen LogP contribution < -0.4 is 4.90 Å². The third-order valence-electron chi connectivity index (χ3n) is 11.3. The van der Waals surface area contributed by atoms with Crippen LogP contribution in [0.1, 0.15) is 0 Å². The number of para-hydroxylation sites is 2. The van der Waals surface area contributed by atoms with Crippen molar-refractivity contribution in [3.63, 3.8) is 0 Å². The van der Waals surface area contributed by atoms with Gasteiger partial charge in [-0.1, -0.05) is 133 Å². The van der Waals surface area contributed by atoms with Crippen molar-refractivity contribution in [2.75, 3.05) is 4.90 Å². The molecule has 3 aromatic heterocycles. The lowest BCUT2D eigenvalue weighted by Crippen LogP contribution is -2.10. The maximum atomic E-state index is 6.68. The minimum Gasteiger partial charge on any atom is -0.455 e. The van der Waals surface area contributed by atoms with Crippen LogP contribution in [0.5, 0.6) is 0 Å². The number of thiophene rings is 1. The molecule has 9 aromatic carbocycles. The van der Waals surface area contributed by atoms with Crippen LogP contribution in [0.4, 0.5) is 17.1 Å². The maximum Gasteiger partial charge on any atom is 0.143 e. The van der Waals surface area contributed by atoms with E-state index in [2.05, 4.69) is 181 Å². The summed E-state index contributed by atoms with van der Waals surface area (Å²) in [6, 6.07) is 67.2.